The fourth-order valence-electron chi connectivity index (χ4n) is 1.93. The van der Waals surface area contributed by atoms with Crippen molar-refractivity contribution in [2.45, 2.75) is 35.3 Å². The van der Waals surface area contributed by atoms with Gasteiger partial charge < -0.3 is 4.74 Å². The summed E-state index contributed by atoms with van der Waals surface area (Å²) in [5.74, 6) is -0.00512. The molecule has 1 aromatic rings. The van der Waals surface area contributed by atoms with E-state index in [9.17, 15) is 13.2 Å². The van der Waals surface area contributed by atoms with Gasteiger partial charge in [-0.2, -0.15) is 5.10 Å². The minimum absolute atomic E-state index is 0.0726. The Morgan fingerprint density at radius 3 is 2.62 bits per heavy atom. The normalized spacial score (nSPS) is 19.9. The minimum Gasteiger partial charge on any atom is -0.495 e. The Hall–Kier alpha value is -1.22. The number of aromatic nitrogens is 2. The van der Waals surface area contributed by atoms with Crippen LogP contribution in [-0.2, 0) is 10.0 Å². The molecule has 3 rings (SSSR count). The molecule has 0 bridgehead atoms. The Kier molecular flexibility index (Phi) is 3.44. The number of rotatable bonds is 5. The first-order valence-corrected chi connectivity index (χ1v) is 8.81. The molecule has 0 radical (unpaired) electrons. The maximum atomic E-state index is 12.0. The van der Waals surface area contributed by atoms with E-state index < -0.39 is 19.6 Å². The van der Waals surface area contributed by atoms with Gasteiger partial charge >= 0.3 is 0 Å². The maximum absolute atomic E-state index is 12.0. The number of amides is 1. The largest absolute Gasteiger partial charge is 0.495 e. The molecule has 0 aliphatic heterocycles. The van der Waals surface area contributed by atoms with Crippen molar-refractivity contribution in [1.82, 2.24) is 14.9 Å². The van der Waals surface area contributed by atoms with E-state index in [4.69, 9.17) is 4.74 Å². The quantitative estimate of drug-likeness (QED) is 0.778. The average molecular weight is 376 g/mol. The van der Waals surface area contributed by atoms with Crippen LogP contribution >= 0.6 is 15.9 Å². The first-order valence-electron chi connectivity index (χ1n) is 6.53. The summed E-state index contributed by atoms with van der Waals surface area (Å²) >= 11 is 3.12. The van der Waals surface area contributed by atoms with Gasteiger partial charge in [-0.1, -0.05) is 15.9 Å². The van der Waals surface area contributed by atoms with Crippen LogP contribution in [0.15, 0.2) is 6.07 Å². The van der Waals surface area contributed by atoms with E-state index in [0.29, 0.717) is 24.5 Å². The van der Waals surface area contributed by atoms with Crippen molar-refractivity contribution in [1.29, 1.82) is 0 Å². The minimum atomic E-state index is -3.76. The summed E-state index contributed by atoms with van der Waals surface area (Å²) in [6.07, 6.45) is 3.00. The van der Waals surface area contributed by atoms with Crippen LogP contribution in [0.4, 0.5) is 0 Å². The fourth-order valence-corrected chi connectivity index (χ4v) is 3.54. The van der Waals surface area contributed by atoms with Gasteiger partial charge in [-0.05, 0) is 25.7 Å². The second kappa shape index (κ2) is 4.91. The van der Waals surface area contributed by atoms with Crippen molar-refractivity contribution in [2.75, 3.05) is 7.11 Å². The molecule has 7 nitrogen and oxygen atoms in total. The molecule has 0 spiro atoms. The van der Waals surface area contributed by atoms with Crippen LogP contribution in [0.25, 0.3) is 0 Å². The number of alkyl halides is 1. The number of hydrogen-bond donors (Lipinski definition) is 1. The summed E-state index contributed by atoms with van der Waals surface area (Å²) in [7, 11) is -2.27. The summed E-state index contributed by atoms with van der Waals surface area (Å²) in [6.45, 7) is 0. The molecule has 0 atom stereocenters. The summed E-state index contributed by atoms with van der Waals surface area (Å²) in [5.41, 5.74) is 0.646. The predicted molar refractivity (Wildman–Crippen MR) is 77.8 cm³/mol. The molecule has 9 heteroatoms. The van der Waals surface area contributed by atoms with E-state index in [-0.39, 0.29) is 5.69 Å². The van der Waals surface area contributed by atoms with Gasteiger partial charge in [0, 0.05) is 12.0 Å². The summed E-state index contributed by atoms with van der Waals surface area (Å²) < 4.78 is 30.2. The van der Waals surface area contributed by atoms with E-state index in [1.54, 1.807) is 0 Å². The number of methoxy groups -OCH3 is 1. The lowest BCUT2D eigenvalue weighted by atomic mass is 10.2. The van der Waals surface area contributed by atoms with Gasteiger partial charge in [-0.15, -0.1) is 5.10 Å². The van der Waals surface area contributed by atoms with Crippen molar-refractivity contribution in [3.05, 3.63) is 17.5 Å². The highest BCUT2D eigenvalue weighted by Crippen LogP contribution is 2.48. The number of nitrogens with one attached hydrogen (secondary N) is 1. The molecule has 1 heterocycles. The fraction of sp³-hybridized carbons (Fsp3) is 0.583. The Morgan fingerprint density at radius 2 is 2.10 bits per heavy atom. The number of sulfonamides is 1. The molecule has 2 aliphatic rings. The van der Waals surface area contributed by atoms with Crippen molar-refractivity contribution >= 4 is 31.9 Å². The Balaban J connectivity index is 1.81. The smallest absolute Gasteiger partial charge is 0.285 e. The third kappa shape index (κ3) is 2.76. The summed E-state index contributed by atoms with van der Waals surface area (Å²) in [6, 6.07) is 1.43. The molecular formula is C12H14BrN3O4S. The second-order valence-corrected chi connectivity index (χ2v) is 9.31. The summed E-state index contributed by atoms with van der Waals surface area (Å²) in [4.78, 5) is 12.0. The number of carbonyl (C=O) groups is 1. The van der Waals surface area contributed by atoms with Gasteiger partial charge in [0.1, 0.15) is 15.1 Å². The number of halogens is 1. The SMILES string of the molecule is COc1cc(C(=O)NS(=O)(=O)C2(Br)CC2)nnc1C1CC1. The average Bonchev–Trinajstić information content (AvgIpc) is 3.32. The molecule has 2 saturated carbocycles. The molecule has 1 amide bonds. The van der Waals surface area contributed by atoms with Crippen LogP contribution in [0, 0.1) is 0 Å². The lowest BCUT2D eigenvalue weighted by Crippen LogP contribution is -2.37. The van der Waals surface area contributed by atoms with Crippen molar-refractivity contribution in [3.63, 3.8) is 0 Å². The monoisotopic (exact) mass is 375 g/mol. The van der Waals surface area contributed by atoms with E-state index in [1.807, 2.05) is 4.72 Å². The number of hydrogen-bond acceptors (Lipinski definition) is 6. The topological polar surface area (TPSA) is 98.2 Å². The molecule has 2 aliphatic carbocycles. The third-order valence-corrected chi connectivity index (χ3v) is 7.45. The van der Waals surface area contributed by atoms with Crippen molar-refractivity contribution < 1.29 is 17.9 Å². The number of carbonyl (C=O) groups excluding carboxylic acids is 1. The third-order valence-electron chi connectivity index (χ3n) is 3.55. The van der Waals surface area contributed by atoms with Crippen LogP contribution in [0.1, 0.15) is 47.8 Å². The molecule has 1 aromatic heterocycles. The van der Waals surface area contributed by atoms with E-state index in [2.05, 4.69) is 26.1 Å². The van der Waals surface area contributed by atoms with Crippen LogP contribution in [-0.4, -0.2) is 35.3 Å². The van der Waals surface area contributed by atoms with Crippen LogP contribution in [0.3, 0.4) is 0 Å². The zero-order valence-electron chi connectivity index (χ0n) is 11.3. The van der Waals surface area contributed by atoms with E-state index >= 15 is 0 Å². The molecule has 114 valence electrons. The Bertz CT molecular complexity index is 698. The molecule has 0 unspecified atom stereocenters. The Labute approximate surface area is 130 Å². The zero-order valence-corrected chi connectivity index (χ0v) is 13.7. The van der Waals surface area contributed by atoms with E-state index in [1.165, 1.54) is 13.2 Å². The van der Waals surface area contributed by atoms with Crippen LogP contribution in [0.5, 0.6) is 5.75 Å². The maximum Gasteiger partial charge on any atom is 0.285 e. The molecule has 21 heavy (non-hydrogen) atoms. The molecule has 2 fully saturated rings. The van der Waals surface area contributed by atoms with E-state index in [0.717, 1.165) is 18.5 Å². The van der Waals surface area contributed by atoms with Gasteiger partial charge in [0.05, 0.1) is 7.11 Å². The predicted octanol–water partition coefficient (Wildman–Crippen LogP) is 1.31. The van der Waals surface area contributed by atoms with Crippen LogP contribution in [0.2, 0.25) is 0 Å². The molecule has 0 aromatic carbocycles. The van der Waals surface area contributed by atoms with Crippen LogP contribution < -0.4 is 9.46 Å². The summed E-state index contributed by atoms with van der Waals surface area (Å²) in [5, 5.41) is 7.81. The van der Waals surface area contributed by atoms with Gasteiger partial charge in [-0.25, -0.2) is 13.1 Å². The standard InChI is InChI=1S/C12H14BrN3O4S/c1-20-9-6-8(14-15-10(9)7-2-3-7)11(17)16-21(18,19)12(13)4-5-12/h6-7H,2-5H2,1H3,(H,16,17). The first kappa shape index (κ1) is 14.7. The lowest BCUT2D eigenvalue weighted by molar-refractivity contribution is 0.0975. The lowest BCUT2D eigenvalue weighted by Gasteiger charge is -2.11. The van der Waals surface area contributed by atoms with Crippen molar-refractivity contribution in [3.8, 4) is 5.75 Å². The van der Waals surface area contributed by atoms with Gasteiger partial charge in [-0.3, -0.25) is 4.79 Å². The highest BCUT2D eigenvalue weighted by atomic mass is 79.9. The first-order chi connectivity index (χ1) is 9.86. The zero-order chi connectivity index (χ0) is 15.3. The van der Waals surface area contributed by atoms with Gasteiger partial charge in [0.15, 0.2) is 5.69 Å². The highest BCUT2D eigenvalue weighted by Gasteiger charge is 2.53. The second-order valence-electron chi connectivity index (χ2n) is 5.28. The highest BCUT2D eigenvalue weighted by molar-refractivity contribution is 9.11. The molecule has 0 saturated heterocycles. The molecular weight excluding hydrogens is 362 g/mol. The van der Waals surface area contributed by atoms with Crippen molar-refractivity contribution in [2.24, 2.45) is 0 Å². The van der Waals surface area contributed by atoms with Gasteiger partial charge in [0.2, 0.25) is 0 Å². The number of nitrogens with zero attached hydrogens (tertiary/aromatic N) is 2. The molecule has 1 N–H and O–H groups in total. The Morgan fingerprint density at radius 1 is 1.43 bits per heavy atom. The van der Waals surface area contributed by atoms with Gasteiger partial charge in [0.25, 0.3) is 15.9 Å². The number of ether oxygens (including phenoxy) is 1.